The van der Waals surface area contributed by atoms with E-state index in [0.29, 0.717) is 19.7 Å². The van der Waals surface area contributed by atoms with E-state index in [2.05, 4.69) is 15.6 Å². The van der Waals surface area contributed by atoms with Crippen LogP contribution in [-0.2, 0) is 4.74 Å². The molecule has 0 aromatic carbocycles. The average Bonchev–Trinajstić information content (AvgIpc) is 2.36. The zero-order valence-electron chi connectivity index (χ0n) is 12.5. The van der Waals surface area contributed by atoms with Crippen LogP contribution in [-0.4, -0.2) is 30.3 Å². The summed E-state index contributed by atoms with van der Waals surface area (Å²) in [6.07, 6.45) is 0.832. The van der Waals surface area contributed by atoms with Gasteiger partial charge in [0.15, 0.2) is 23.3 Å². The van der Waals surface area contributed by atoms with Crippen LogP contribution < -0.4 is 10.6 Å². The largest absolute Gasteiger partial charge is 0.374 e. The first kappa shape index (κ1) is 16.6. The maximum Gasteiger partial charge on any atom is 0.168 e. The fourth-order valence-corrected chi connectivity index (χ4v) is 1.70. The topological polar surface area (TPSA) is 46.2 Å². The Morgan fingerprint density at radius 1 is 1.15 bits per heavy atom. The SMILES string of the molecule is CCCNc1nc(NCC(C)(C)OCC)c(F)cc1F. The second-order valence-electron chi connectivity index (χ2n) is 5.12. The van der Waals surface area contributed by atoms with Crippen molar-refractivity contribution in [3.8, 4) is 0 Å². The number of hydrogen-bond donors (Lipinski definition) is 2. The molecule has 0 saturated carbocycles. The van der Waals surface area contributed by atoms with Gasteiger partial charge in [0.1, 0.15) is 0 Å². The van der Waals surface area contributed by atoms with Gasteiger partial charge in [-0.2, -0.15) is 0 Å². The van der Waals surface area contributed by atoms with Gasteiger partial charge in [0.05, 0.1) is 5.60 Å². The van der Waals surface area contributed by atoms with E-state index in [1.165, 1.54) is 0 Å². The lowest BCUT2D eigenvalue weighted by molar-refractivity contribution is 0.000603. The number of pyridine rings is 1. The number of rotatable bonds is 8. The van der Waals surface area contributed by atoms with Gasteiger partial charge in [0.2, 0.25) is 0 Å². The van der Waals surface area contributed by atoms with Crippen molar-refractivity contribution in [3.05, 3.63) is 17.7 Å². The van der Waals surface area contributed by atoms with Crippen LogP contribution >= 0.6 is 0 Å². The van der Waals surface area contributed by atoms with Crippen LogP contribution in [0.4, 0.5) is 20.4 Å². The van der Waals surface area contributed by atoms with Crippen LogP contribution in [0.15, 0.2) is 6.07 Å². The summed E-state index contributed by atoms with van der Waals surface area (Å²) in [6.45, 7) is 9.16. The first-order valence-electron chi connectivity index (χ1n) is 6.87. The molecule has 0 unspecified atom stereocenters. The minimum Gasteiger partial charge on any atom is -0.374 e. The van der Waals surface area contributed by atoms with E-state index >= 15 is 0 Å². The lowest BCUT2D eigenvalue weighted by Gasteiger charge is -2.25. The highest BCUT2D eigenvalue weighted by molar-refractivity contribution is 5.47. The van der Waals surface area contributed by atoms with Crippen molar-refractivity contribution in [2.24, 2.45) is 0 Å². The van der Waals surface area contributed by atoms with E-state index in [4.69, 9.17) is 4.74 Å². The van der Waals surface area contributed by atoms with E-state index in [1.807, 2.05) is 27.7 Å². The fraction of sp³-hybridized carbons (Fsp3) is 0.643. The predicted molar refractivity (Wildman–Crippen MR) is 77.1 cm³/mol. The number of hydrogen-bond acceptors (Lipinski definition) is 4. The number of aromatic nitrogens is 1. The molecule has 1 aromatic heterocycles. The molecule has 4 nitrogen and oxygen atoms in total. The Morgan fingerprint density at radius 2 is 1.75 bits per heavy atom. The van der Waals surface area contributed by atoms with Crippen molar-refractivity contribution < 1.29 is 13.5 Å². The zero-order chi connectivity index (χ0) is 15.2. The van der Waals surface area contributed by atoms with Crippen LogP contribution in [0, 0.1) is 11.6 Å². The van der Waals surface area contributed by atoms with Crippen LogP contribution in [0.1, 0.15) is 34.1 Å². The second-order valence-corrected chi connectivity index (χ2v) is 5.12. The number of halogens is 2. The Hall–Kier alpha value is -1.43. The van der Waals surface area contributed by atoms with Gasteiger partial charge in [0.25, 0.3) is 0 Å². The molecule has 2 N–H and O–H groups in total. The quantitative estimate of drug-likeness (QED) is 0.769. The highest BCUT2D eigenvalue weighted by atomic mass is 19.1. The molecule has 1 heterocycles. The average molecular weight is 287 g/mol. The molecule has 1 rings (SSSR count). The van der Waals surface area contributed by atoms with Crippen molar-refractivity contribution in [2.75, 3.05) is 30.3 Å². The third kappa shape index (κ3) is 4.92. The molecule has 0 aliphatic rings. The van der Waals surface area contributed by atoms with Gasteiger partial charge in [0, 0.05) is 25.8 Å². The van der Waals surface area contributed by atoms with Gasteiger partial charge < -0.3 is 15.4 Å². The van der Waals surface area contributed by atoms with Gasteiger partial charge in [-0.3, -0.25) is 0 Å². The van der Waals surface area contributed by atoms with Gasteiger partial charge in [-0.15, -0.1) is 0 Å². The number of anilines is 2. The Kier molecular flexibility index (Phi) is 6.13. The summed E-state index contributed by atoms with van der Waals surface area (Å²) in [5.41, 5.74) is -0.450. The van der Waals surface area contributed by atoms with E-state index < -0.39 is 17.2 Å². The van der Waals surface area contributed by atoms with Gasteiger partial charge in [-0.05, 0) is 27.2 Å². The van der Waals surface area contributed by atoms with Crippen LogP contribution in [0.2, 0.25) is 0 Å². The molecule has 0 fully saturated rings. The molecule has 0 radical (unpaired) electrons. The molecular weight excluding hydrogens is 264 g/mol. The van der Waals surface area contributed by atoms with E-state index in [-0.39, 0.29) is 11.6 Å². The van der Waals surface area contributed by atoms with Crippen molar-refractivity contribution in [1.29, 1.82) is 0 Å². The minimum atomic E-state index is -0.711. The molecule has 0 aliphatic carbocycles. The third-order valence-electron chi connectivity index (χ3n) is 2.69. The standard InChI is InChI=1S/C14H23F2N3O/c1-5-7-17-12-10(15)8-11(16)13(19-12)18-9-14(3,4)20-6-2/h8H,5-7,9H2,1-4H3,(H2,17,18,19). The molecule has 20 heavy (non-hydrogen) atoms. The Balaban J connectivity index is 2.79. The second kappa shape index (κ2) is 7.38. The number of nitrogens with one attached hydrogen (secondary N) is 2. The molecule has 6 heteroatoms. The van der Waals surface area contributed by atoms with Gasteiger partial charge in [-0.1, -0.05) is 6.92 Å². The number of ether oxygens (including phenoxy) is 1. The normalized spacial score (nSPS) is 11.5. The molecule has 114 valence electrons. The highest BCUT2D eigenvalue weighted by Gasteiger charge is 2.19. The molecule has 0 spiro atoms. The highest BCUT2D eigenvalue weighted by Crippen LogP contribution is 2.20. The zero-order valence-corrected chi connectivity index (χ0v) is 12.5. The number of nitrogens with zero attached hydrogens (tertiary/aromatic N) is 1. The molecule has 0 bridgehead atoms. The maximum atomic E-state index is 13.7. The van der Waals surface area contributed by atoms with Crippen molar-refractivity contribution in [1.82, 2.24) is 4.98 Å². The monoisotopic (exact) mass is 287 g/mol. The van der Waals surface area contributed by atoms with Gasteiger partial charge >= 0.3 is 0 Å². The molecule has 0 saturated heterocycles. The Bertz CT molecular complexity index is 439. The summed E-state index contributed by atoms with van der Waals surface area (Å²) < 4.78 is 32.7. The van der Waals surface area contributed by atoms with Crippen LogP contribution in [0.3, 0.4) is 0 Å². The van der Waals surface area contributed by atoms with Crippen LogP contribution in [0.25, 0.3) is 0 Å². The first-order valence-corrected chi connectivity index (χ1v) is 6.87. The molecule has 0 amide bonds. The maximum absolute atomic E-state index is 13.7. The van der Waals surface area contributed by atoms with Crippen LogP contribution in [0.5, 0.6) is 0 Å². The van der Waals surface area contributed by atoms with E-state index in [0.717, 1.165) is 12.5 Å². The fourth-order valence-electron chi connectivity index (χ4n) is 1.70. The Morgan fingerprint density at radius 3 is 2.30 bits per heavy atom. The summed E-state index contributed by atoms with van der Waals surface area (Å²) in [5.74, 6) is -1.31. The lowest BCUT2D eigenvalue weighted by Crippen LogP contribution is -2.33. The first-order chi connectivity index (χ1) is 9.39. The Labute approximate surface area is 118 Å². The van der Waals surface area contributed by atoms with E-state index in [1.54, 1.807) is 0 Å². The minimum absolute atomic E-state index is 0.0257. The van der Waals surface area contributed by atoms with Crippen molar-refractivity contribution in [2.45, 2.75) is 39.7 Å². The van der Waals surface area contributed by atoms with Gasteiger partial charge in [-0.25, -0.2) is 13.8 Å². The van der Waals surface area contributed by atoms with Crippen molar-refractivity contribution in [3.63, 3.8) is 0 Å². The summed E-state index contributed by atoms with van der Waals surface area (Å²) >= 11 is 0. The predicted octanol–water partition coefficient (Wildman–Crippen LogP) is 3.41. The summed E-state index contributed by atoms with van der Waals surface area (Å²) in [4.78, 5) is 3.94. The summed E-state index contributed by atoms with van der Waals surface area (Å²) in [6, 6.07) is 0.834. The molecule has 0 atom stereocenters. The van der Waals surface area contributed by atoms with E-state index in [9.17, 15) is 8.78 Å². The summed E-state index contributed by atoms with van der Waals surface area (Å²) in [5, 5.41) is 5.69. The third-order valence-corrected chi connectivity index (χ3v) is 2.69. The summed E-state index contributed by atoms with van der Waals surface area (Å²) in [7, 11) is 0. The molecule has 0 aliphatic heterocycles. The lowest BCUT2D eigenvalue weighted by atomic mass is 10.1. The molecular formula is C14H23F2N3O. The smallest absolute Gasteiger partial charge is 0.168 e. The van der Waals surface area contributed by atoms with Crippen molar-refractivity contribution >= 4 is 11.6 Å². The molecule has 1 aromatic rings.